The van der Waals surface area contributed by atoms with E-state index in [-0.39, 0.29) is 18.3 Å². The number of hydrogen-bond donors (Lipinski definition) is 1. The fraction of sp³-hybridized carbons (Fsp3) is 0.261. The van der Waals surface area contributed by atoms with Crippen LogP contribution in [0.3, 0.4) is 0 Å². The third-order valence-corrected chi connectivity index (χ3v) is 4.86. The first-order valence-electron chi connectivity index (χ1n) is 9.72. The van der Waals surface area contributed by atoms with Gasteiger partial charge in [-0.1, -0.05) is 6.07 Å². The SMILES string of the molecule is CCOc1ccc(CNC(=O)c2ccc(COc3ccc(I)cc3)o2)cc1OCC. The highest BCUT2D eigenvalue weighted by atomic mass is 127. The van der Waals surface area contributed by atoms with E-state index in [1.54, 1.807) is 12.1 Å². The summed E-state index contributed by atoms with van der Waals surface area (Å²) in [5.74, 6) is 2.64. The Morgan fingerprint density at radius 2 is 1.67 bits per heavy atom. The fourth-order valence-corrected chi connectivity index (χ4v) is 3.10. The molecule has 0 fully saturated rings. The van der Waals surface area contributed by atoms with Crippen molar-refractivity contribution >= 4 is 28.5 Å². The van der Waals surface area contributed by atoms with Crippen molar-refractivity contribution in [3.8, 4) is 17.2 Å². The number of nitrogens with one attached hydrogen (secondary N) is 1. The lowest BCUT2D eigenvalue weighted by molar-refractivity contribution is 0.0919. The van der Waals surface area contributed by atoms with Crippen molar-refractivity contribution in [1.29, 1.82) is 0 Å². The maximum atomic E-state index is 12.4. The molecule has 158 valence electrons. The van der Waals surface area contributed by atoms with Crippen molar-refractivity contribution in [2.24, 2.45) is 0 Å². The summed E-state index contributed by atoms with van der Waals surface area (Å²) in [4.78, 5) is 12.4. The Labute approximate surface area is 189 Å². The normalized spacial score (nSPS) is 10.5. The van der Waals surface area contributed by atoms with Gasteiger partial charge in [0.2, 0.25) is 0 Å². The average molecular weight is 521 g/mol. The summed E-state index contributed by atoms with van der Waals surface area (Å²) in [7, 11) is 0. The minimum atomic E-state index is -0.289. The van der Waals surface area contributed by atoms with Gasteiger partial charge in [0.15, 0.2) is 17.3 Å². The summed E-state index contributed by atoms with van der Waals surface area (Å²) in [6.07, 6.45) is 0. The van der Waals surface area contributed by atoms with Gasteiger partial charge in [-0.3, -0.25) is 4.79 Å². The number of amides is 1. The van der Waals surface area contributed by atoms with Gasteiger partial charge in [-0.25, -0.2) is 0 Å². The predicted molar refractivity (Wildman–Crippen MR) is 122 cm³/mol. The van der Waals surface area contributed by atoms with E-state index >= 15 is 0 Å². The number of carbonyl (C=O) groups excluding carboxylic acids is 1. The highest BCUT2D eigenvalue weighted by Gasteiger charge is 2.12. The summed E-state index contributed by atoms with van der Waals surface area (Å²) < 4.78 is 23.6. The lowest BCUT2D eigenvalue weighted by Gasteiger charge is -2.12. The zero-order valence-electron chi connectivity index (χ0n) is 16.9. The van der Waals surface area contributed by atoms with Gasteiger partial charge < -0.3 is 23.9 Å². The molecule has 7 heteroatoms. The smallest absolute Gasteiger partial charge is 0.287 e. The van der Waals surface area contributed by atoms with Crippen LogP contribution in [0.2, 0.25) is 0 Å². The highest BCUT2D eigenvalue weighted by Crippen LogP contribution is 2.28. The molecule has 0 saturated carbocycles. The van der Waals surface area contributed by atoms with E-state index in [4.69, 9.17) is 18.6 Å². The number of rotatable bonds is 10. The Morgan fingerprint density at radius 1 is 0.933 bits per heavy atom. The third-order valence-electron chi connectivity index (χ3n) is 4.14. The van der Waals surface area contributed by atoms with E-state index in [1.807, 2.05) is 56.3 Å². The van der Waals surface area contributed by atoms with Crippen molar-refractivity contribution < 1.29 is 23.4 Å². The van der Waals surface area contributed by atoms with Crippen LogP contribution in [0.1, 0.15) is 35.7 Å². The van der Waals surface area contributed by atoms with Crippen LogP contribution in [0.5, 0.6) is 17.2 Å². The molecule has 1 amide bonds. The van der Waals surface area contributed by atoms with E-state index in [1.165, 1.54) is 0 Å². The molecular weight excluding hydrogens is 497 g/mol. The number of benzene rings is 2. The third kappa shape index (κ3) is 6.16. The molecule has 2 aromatic carbocycles. The van der Waals surface area contributed by atoms with Crippen molar-refractivity contribution in [1.82, 2.24) is 5.32 Å². The van der Waals surface area contributed by atoms with Crippen LogP contribution in [-0.2, 0) is 13.2 Å². The molecule has 0 unspecified atom stereocenters. The first-order valence-corrected chi connectivity index (χ1v) is 10.8. The molecule has 6 nitrogen and oxygen atoms in total. The van der Waals surface area contributed by atoms with Gasteiger partial charge in [-0.05, 0) is 90.5 Å². The Kier molecular flexibility index (Phi) is 8.01. The number of carbonyl (C=O) groups is 1. The first-order chi connectivity index (χ1) is 14.6. The molecule has 1 N–H and O–H groups in total. The van der Waals surface area contributed by atoms with E-state index in [0.29, 0.717) is 37.0 Å². The van der Waals surface area contributed by atoms with Crippen LogP contribution in [0, 0.1) is 3.57 Å². The second-order valence-electron chi connectivity index (χ2n) is 6.34. The molecule has 0 aliphatic heterocycles. The summed E-state index contributed by atoms with van der Waals surface area (Å²) >= 11 is 2.24. The van der Waals surface area contributed by atoms with Gasteiger partial charge in [0.05, 0.1) is 13.2 Å². The molecular formula is C23H24INO5. The van der Waals surface area contributed by atoms with E-state index < -0.39 is 0 Å². The van der Waals surface area contributed by atoms with Crippen molar-refractivity contribution in [3.63, 3.8) is 0 Å². The second-order valence-corrected chi connectivity index (χ2v) is 7.58. The molecule has 0 radical (unpaired) electrons. The topological polar surface area (TPSA) is 69.9 Å². The number of hydrogen-bond acceptors (Lipinski definition) is 5. The standard InChI is InChI=1S/C23H24INO5/c1-3-27-20-11-5-16(13-22(20)28-4-2)14-25-23(26)21-12-10-19(30-21)15-29-18-8-6-17(24)7-9-18/h5-13H,3-4,14-15H2,1-2H3,(H,25,26). The minimum Gasteiger partial charge on any atom is -0.490 e. The van der Waals surface area contributed by atoms with Crippen LogP contribution in [-0.4, -0.2) is 19.1 Å². The number of halogens is 1. The maximum Gasteiger partial charge on any atom is 0.287 e. The van der Waals surface area contributed by atoms with Crippen LogP contribution in [0.4, 0.5) is 0 Å². The Morgan fingerprint density at radius 3 is 2.40 bits per heavy atom. The molecule has 0 aliphatic rings. The van der Waals surface area contributed by atoms with Crippen LogP contribution < -0.4 is 19.5 Å². The quantitative estimate of drug-likeness (QED) is 0.372. The summed E-state index contributed by atoms with van der Waals surface area (Å²) in [5, 5.41) is 2.86. The van der Waals surface area contributed by atoms with Gasteiger partial charge in [-0.15, -0.1) is 0 Å². The average Bonchev–Trinajstić information content (AvgIpc) is 3.23. The lowest BCUT2D eigenvalue weighted by Crippen LogP contribution is -2.22. The van der Waals surface area contributed by atoms with Gasteiger partial charge in [-0.2, -0.15) is 0 Å². The Hall–Kier alpha value is -2.68. The molecule has 1 aromatic heterocycles. The van der Waals surface area contributed by atoms with E-state index in [0.717, 1.165) is 14.9 Å². The van der Waals surface area contributed by atoms with Gasteiger partial charge in [0.25, 0.3) is 5.91 Å². The number of ether oxygens (including phenoxy) is 3. The molecule has 0 saturated heterocycles. The Balaban J connectivity index is 1.55. The first kappa shape index (κ1) is 22.0. The van der Waals surface area contributed by atoms with Gasteiger partial charge in [0, 0.05) is 10.1 Å². The van der Waals surface area contributed by atoms with Crippen LogP contribution in [0.25, 0.3) is 0 Å². The minimum absolute atomic E-state index is 0.243. The number of furan rings is 1. The molecule has 0 bridgehead atoms. The van der Waals surface area contributed by atoms with Gasteiger partial charge >= 0.3 is 0 Å². The fourth-order valence-electron chi connectivity index (χ4n) is 2.74. The second kappa shape index (κ2) is 10.9. The molecule has 3 rings (SSSR count). The van der Waals surface area contributed by atoms with E-state index in [2.05, 4.69) is 27.9 Å². The molecule has 1 heterocycles. The molecule has 0 atom stereocenters. The van der Waals surface area contributed by atoms with Crippen molar-refractivity contribution in [2.45, 2.75) is 27.0 Å². The lowest BCUT2D eigenvalue weighted by atomic mass is 10.2. The summed E-state index contributed by atoms with van der Waals surface area (Å²) in [5.41, 5.74) is 0.907. The van der Waals surface area contributed by atoms with Crippen molar-refractivity contribution in [3.05, 3.63) is 75.3 Å². The zero-order chi connectivity index (χ0) is 21.3. The van der Waals surface area contributed by atoms with E-state index in [9.17, 15) is 4.79 Å². The highest BCUT2D eigenvalue weighted by molar-refractivity contribution is 14.1. The Bertz CT molecular complexity index is 968. The maximum absolute atomic E-state index is 12.4. The molecule has 0 spiro atoms. The largest absolute Gasteiger partial charge is 0.490 e. The van der Waals surface area contributed by atoms with Crippen molar-refractivity contribution in [2.75, 3.05) is 13.2 Å². The summed E-state index contributed by atoms with van der Waals surface area (Å²) in [6.45, 7) is 5.54. The monoisotopic (exact) mass is 521 g/mol. The molecule has 0 aliphatic carbocycles. The molecule has 30 heavy (non-hydrogen) atoms. The summed E-state index contributed by atoms with van der Waals surface area (Å²) in [6, 6.07) is 16.7. The van der Waals surface area contributed by atoms with Gasteiger partial charge in [0.1, 0.15) is 18.1 Å². The predicted octanol–water partition coefficient (Wildman–Crippen LogP) is 5.19. The zero-order valence-corrected chi connectivity index (χ0v) is 19.1. The van der Waals surface area contributed by atoms with Crippen LogP contribution >= 0.6 is 22.6 Å². The molecule has 3 aromatic rings. The van der Waals surface area contributed by atoms with Crippen LogP contribution in [0.15, 0.2) is 59.0 Å².